The van der Waals surface area contributed by atoms with Crippen LogP contribution in [-0.2, 0) is 9.84 Å². The van der Waals surface area contributed by atoms with Crippen molar-refractivity contribution in [3.8, 4) is 0 Å². The van der Waals surface area contributed by atoms with Crippen molar-refractivity contribution in [3.05, 3.63) is 0 Å². The Hall–Kier alpha value is -0.0900. The van der Waals surface area contributed by atoms with Crippen LogP contribution in [0.2, 0.25) is 0 Å². The van der Waals surface area contributed by atoms with Gasteiger partial charge in [-0.15, -0.1) is 0 Å². The number of hydrogen-bond acceptors (Lipinski definition) is 3. The predicted octanol–water partition coefficient (Wildman–Crippen LogP) is 0.952. The smallest absolute Gasteiger partial charge is 0.156 e. The molecule has 0 unspecified atom stereocenters. The van der Waals surface area contributed by atoms with E-state index >= 15 is 0 Å². The van der Waals surface area contributed by atoms with Gasteiger partial charge in [0.2, 0.25) is 0 Å². The highest BCUT2D eigenvalue weighted by Gasteiger charge is 2.29. The number of hydrogen-bond donors (Lipinski definition) is 1. The molecule has 0 aromatic heterocycles. The summed E-state index contributed by atoms with van der Waals surface area (Å²) in [5, 5.41) is 3.21. The van der Waals surface area contributed by atoms with Crippen LogP contribution >= 0.6 is 0 Å². The predicted molar refractivity (Wildman–Crippen MR) is 54.6 cm³/mol. The third kappa shape index (κ3) is 3.27. The van der Waals surface area contributed by atoms with Gasteiger partial charge in [-0.05, 0) is 33.6 Å². The summed E-state index contributed by atoms with van der Waals surface area (Å²) in [6.07, 6.45) is 2.41. The van der Waals surface area contributed by atoms with E-state index in [0.717, 1.165) is 0 Å². The Morgan fingerprint density at radius 1 is 1.31 bits per heavy atom. The molecule has 1 aliphatic carbocycles. The highest BCUT2D eigenvalue weighted by atomic mass is 32.2. The zero-order valence-corrected chi connectivity index (χ0v) is 9.45. The van der Waals surface area contributed by atoms with Gasteiger partial charge in [0.15, 0.2) is 9.84 Å². The van der Waals surface area contributed by atoms with Crippen LogP contribution in [0, 0.1) is 0 Å². The van der Waals surface area contributed by atoms with Crippen LogP contribution < -0.4 is 5.32 Å². The number of nitrogens with one attached hydrogen (secondary N) is 1. The van der Waals surface area contributed by atoms with E-state index in [4.69, 9.17) is 0 Å². The van der Waals surface area contributed by atoms with Gasteiger partial charge >= 0.3 is 0 Å². The largest absolute Gasteiger partial charge is 0.313 e. The molecule has 0 bridgehead atoms. The quantitative estimate of drug-likeness (QED) is 0.743. The van der Waals surface area contributed by atoms with Gasteiger partial charge in [-0.25, -0.2) is 8.42 Å². The highest BCUT2D eigenvalue weighted by molar-refractivity contribution is 7.92. The molecule has 1 N–H and O–H groups in total. The second kappa shape index (κ2) is 3.58. The molecule has 78 valence electrons. The Bertz CT molecular complexity index is 260. The monoisotopic (exact) mass is 205 g/mol. The van der Waals surface area contributed by atoms with E-state index < -0.39 is 14.6 Å². The van der Waals surface area contributed by atoms with Gasteiger partial charge in [0.05, 0.1) is 10.5 Å². The molecule has 0 radical (unpaired) electrons. The lowest BCUT2D eigenvalue weighted by atomic mass is 10.3. The normalized spacial score (nSPS) is 19.0. The van der Waals surface area contributed by atoms with Crippen molar-refractivity contribution in [1.29, 1.82) is 0 Å². The van der Waals surface area contributed by atoms with Crippen molar-refractivity contribution in [2.45, 2.75) is 44.4 Å². The molecule has 1 saturated carbocycles. The lowest BCUT2D eigenvalue weighted by Crippen LogP contribution is -2.35. The van der Waals surface area contributed by atoms with E-state index in [1.165, 1.54) is 12.8 Å². The van der Waals surface area contributed by atoms with Crippen molar-refractivity contribution in [1.82, 2.24) is 5.32 Å². The molecule has 0 amide bonds. The Labute approximate surface area is 80.8 Å². The van der Waals surface area contributed by atoms with Gasteiger partial charge in [0.1, 0.15) is 0 Å². The Balaban J connectivity index is 2.33. The average molecular weight is 205 g/mol. The second-order valence-corrected chi connectivity index (χ2v) is 7.52. The third-order valence-corrected chi connectivity index (χ3v) is 4.92. The number of sulfone groups is 1. The minimum Gasteiger partial charge on any atom is -0.313 e. The van der Waals surface area contributed by atoms with E-state index in [1.54, 1.807) is 20.8 Å². The third-order valence-electron chi connectivity index (χ3n) is 2.31. The summed E-state index contributed by atoms with van der Waals surface area (Å²) in [7, 11) is -2.93. The van der Waals surface area contributed by atoms with Crippen LogP contribution in [0.4, 0.5) is 0 Å². The summed E-state index contributed by atoms with van der Waals surface area (Å²) in [6, 6.07) is 0.593. The molecule has 3 nitrogen and oxygen atoms in total. The molecule has 0 saturated heterocycles. The van der Waals surface area contributed by atoms with Crippen molar-refractivity contribution < 1.29 is 8.42 Å². The maximum absolute atomic E-state index is 11.6. The van der Waals surface area contributed by atoms with Gasteiger partial charge in [0, 0.05) is 12.6 Å². The molecule has 0 spiro atoms. The molecule has 13 heavy (non-hydrogen) atoms. The Morgan fingerprint density at radius 3 is 2.23 bits per heavy atom. The van der Waals surface area contributed by atoms with E-state index in [9.17, 15) is 8.42 Å². The Kier molecular flexibility index (Phi) is 3.02. The topological polar surface area (TPSA) is 46.2 Å². The SMILES string of the molecule is CC(C)(C)S(=O)(=O)CCNC1CC1. The molecule has 0 aromatic rings. The molecule has 0 heterocycles. The first-order valence-electron chi connectivity index (χ1n) is 4.78. The fourth-order valence-electron chi connectivity index (χ4n) is 0.991. The lowest BCUT2D eigenvalue weighted by molar-refractivity contribution is 0.555. The molecule has 1 rings (SSSR count). The first kappa shape index (κ1) is 11.0. The van der Waals surface area contributed by atoms with Gasteiger partial charge in [-0.2, -0.15) is 0 Å². The molecule has 0 atom stereocenters. The molecular weight excluding hydrogens is 186 g/mol. The van der Waals surface area contributed by atoms with Crippen LogP contribution in [0.3, 0.4) is 0 Å². The van der Waals surface area contributed by atoms with E-state index in [-0.39, 0.29) is 5.75 Å². The first-order chi connectivity index (χ1) is 5.83. The molecule has 0 aliphatic heterocycles. The van der Waals surface area contributed by atoms with E-state index in [2.05, 4.69) is 5.32 Å². The van der Waals surface area contributed by atoms with Crippen LogP contribution in [0.5, 0.6) is 0 Å². The van der Waals surface area contributed by atoms with Gasteiger partial charge in [0.25, 0.3) is 0 Å². The fourth-order valence-corrected chi connectivity index (χ4v) is 1.99. The van der Waals surface area contributed by atoms with Crippen molar-refractivity contribution >= 4 is 9.84 Å². The minimum absolute atomic E-state index is 0.257. The molecule has 0 aromatic carbocycles. The summed E-state index contributed by atoms with van der Waals surface area (Å²) in [5.41, 5.74) is 0. The lowest BCUT2D eigenvalue weighted by Gasteiger charge is -2.19. The highest BCUT2D eigenvalue weighted by Crippen LogP contribution is 2.19. The van der Waals surface area contributed by atoms with Crippen LogP contribution in [-0.4, -0.2) is 31.5 Å². The maximum atomic E-state index is 11.6. The molecule has 1 fully saturated rings. The molecular formula is C9H19NO2S. The van der Waals surface area contributed by atoms with Crippen LogP contribution in [0.15, 0.2) is 0 Å². The van der Waals surface area contributed by atoms with Crippen molar-refractivity contribution in [3.63, 3.8) is 0 Å². The summed E-state index contributed by atoms with van der Waals surface area (Å²) in [4.78, 5) is 0. The van der Waals surface area contributed by atoms with Crippen LogP contribution in [0.1, 0.15) is 33.6 Å². The van der Waals surface area contributed by atoms with Crippen molar-refractivity contribution in [2.24, 2.45) is 0 Å². The summed E-state index contributed by atoms with van der Waals surface area (Å²) < 4.78 is 22.6. The average Bonchev–Trinajstić information content (AvgIpc) is 2.68. The summed E-state index contributed by atoms with van der Waals surface area (Å²) in [5.74, 6) is 0.257. The van der Waals surface area contributed by atoms with Gasteiger partial charge < -0.3 is 5.32 Å². The van der Waals surface area contributed by atoms with E-state index in [1.807, 2.05) is 0 Å². The van der Waals surface area contributed by atoms with Crippen molar-refractivity contribution in [2.75, 3.05) is 12.3 Å². The first-order valence-corrected chi connectivity index (χ1v) is 6.44. The molecule has 4 heteroatoms. The fraction of sp³-hybridized carbons (Fsp3) is 1.00. The van der Waals surface area contributed by atoms with Gasteiger partial charge in [-0.1, -0.05) is 0 Å². The zero-order chi connectivity index (χ0) is 10.1. The summed E-state index contributed by atoms with van der Waals surface area (Å²) >= 11 is 0. The number of rotatable bonds is 4. The minimum atomic E-state index is -2.93. The maximum Gasteiger partial charge on any atom is 0.156 e. The molecule has 1 aliphatic rings. The van der Waals surface area contributed by atoms with E-state index in [0.29, 0.717) is 12.6 Å². The second-order valence-electron chi connectivity index (χ2n) is 4.66. The zero-order valence-electron chi connectivity index (χ0n) is 8.63. The standard InChI is InChI=1S/C9H19NO2S/c1-9(2,3)13(11,12)7-6-10-8-4-5-8/h8,10H,4-7H2,1-3H3. The Morgan fingerprint density at radius 2 is 1.85 bits per heavy atom. The van der Waals surface area contributed by atoms with Crippen LogP contribution in [0.25, 0.3) is 0 Å². The van der Waals surface area contributed by atoms with Gasteiger partial charge in [-0.3, -0.25) is 0 Å². The summed E-state index contributed by atoms with van der Waals surface area (Å²) in [6.45, 7) is 5.85.